The second kappa shape index (κ2) is 4.48. The van der Waals surface area contributed by atoms with Crippen molar-refractivity contribution in [2.45, 2.75) is 19.9 Å². The summed E-state index contributed by atoms with van der Waals surface area (Å²) in [5, 5.41) is 0. The van der Waals surface area contributed by atoms with Crippen LogP contribution in [0.4, 0.5) is 0 Å². The number of carbonyl (C=O) groups is 1. The monoisotopic (exact) mass is 177 g/mol. The molecule has 1 amide bonds. The van der Waals surface area contributed by atoms with Gasteiger partial charge < -0.3 is 13.8 Å². The molecule has 0 saturated carbocycles. The molecular formula is C6H15NO3Si. The predicted octanol–water partition coefficient (Wildman–Crippen LogP) is 0.374. The predicted molar refractivity (Wildman–Crippen MR) is 44.1 cm³/mol. The fourth-order valence-corrected chi connectivity index (χ4v) is 1.58. The van der Waals surface area contributed by atoms with Gasteiger partial charge in [0, 0.05) is 20.6 Å². The number of amides is 1. The zero-order valence-electron chi connectivity index (χ0n) is 7.43. The average Bonchev–Trinajstić information content (AvgIpc) is 2.04. The van der Waals surface area contributed by atoms with Crippen molar-refractivity contribution >= 4 is 14.6 Å². The van der Waals surface area contributed by atoms with Gasteiger partial charge in [-0.05, 0) is 6.55 Å². The lowest BCUT2D eigenvalue weighted by atomic mass is 10.5. The van der Waals surface area contributed by atoms with Gasteiger partial charge in [-0.2, -0.15) is 0 Å². The molecule has 0 radical (unpaired) electrons. The Morgan fingerprint density at radius 2 is 1.91 bits per heavy atom. The molecule has 5 heteroatoms. The van der Waals surface area contributed by atoms with Gasteiger partial charge in [0.1, 0.15) is 0 Å². The smallest absolute Gasteiger partial charge is 0.382 e. The summed E-state index contributed by atoms with van der Waals surface area (Å²) in [6, 6.07) is 0. The second-order valence-electron chi connectivity index (χ2n) is 2.26. The summed E-state index contributed by atoms with van der Waals surface area (Å²) in [5.41, 5.74) is 0. The van der Waals surface area contributed by atoms with Gasteiger partial charge in [-0.25, -0.2) is 0 Å². The molecular weight excluding hydrogens is 162 g/mol. The average molecular weight is 177 g/mol. The molecule has 11 heavy (non-hydrogen) atoms. The van der Waals surface area contributed by atoms with Crippen LogP contribution in [-0.2, 0) is 13.6 Å². The Kier molecular flexibility index (Phi) is 4.32. The highest BCUT2D eigenvalue weighted by atomic mass is 28.4. The molecule has 0 aromatic heterocycles. The Balaban J connectivity index is 3.96. The normalized spacial score (nSPS) is 11.3. The van der Waals surface area contributed by atoms with Crippen molar-refractivity contribution < 1.29 is 13.6 Å². The van der Waals surface area contributed by atoms with E-state index in [0.717, 1.165) is 0 Å². The minimum Gasteiger partial charge on any atom is -0.382 e. The van der Waals surface area contributed by atoms with Crippen LogP contribution in [-0.4, -0.2) is 28.8 Å². The standard InChI is InChI=1S/C6H15NO3Si/c1-5-6(8)7-11(4,9-2)10-3/h5H2,1-4H3,(H,7,8). The molecule has 0 saturated heterocycles. The zero-order valence-corrected chi connectivity index (χ0v) is 8.43. The lowest BCUT2D eigenvalue weighted by Gasteiger charge is -2.22. The van der Waals surface area contributed by atoms with Gasteiger partial charge in [-0.3, -0.25) is 4.79 Å². The summed E-state index contributed by atoms with van der Waals surface area (Å²) in [4.78, 5) is 13.6. The van der Waals surface area contributed by atoms with Gasteiger partial charge in [-0.15, -0.1) is 0 Å². The van der Waals surface area contributed by atoms with E-state index in [1.165, 1.54) is 14.2 Å². The lowest BCUT2D eigenvalue weighted by molar-refractivity contribution is -0.119. The van der Waals surface area contributed by atoms with Crippen LogP contribution < -0.4 is 4.98 Å². The molecule has 1 N–H and O–H groups in total. The van der Waals surface area contributed by atoms with Gasteiger partial charge in [0.05, 0.1) is 0 Å². The van der Waals surface area contributed by atoms with Crippen molar-refractivity contribution in [1.29, 1.82) is 0 Å². The van der Waals surface area contributed by atoms with Crippen LogP contribution in [0.5, 0.6) is 0 Å². The molecule has 0 aliphatic carbocycles. The molecule has 0 aliphatic rings. The maximum absolute atomic E-state index is 10.9. The zero-order chi connectivity index (χ0) is 8.91. The topological polar surface area (TPSA) is 47.6 Å². The molecule has 0 atom stereocenters. The maximum Gasteiger partial charge on any atom is 0.455 e. The molecule has 0 rings (SSSR count). The summed E-state index contributed by atoms with van der Waals surface area (Å²) < 4.78 is 10.1. The van der Waals surface area contributed by atoms with Gasteiger partial charge in [0.2, 0.25) is 5.91 Å². The summed E-state index contributed by atoms with van der Waals surface area (Å²) in [6.07, 6.45) is 0.454. The Bertz CT molecular complexity index is 136. The minimum atomic E-state index is -2.38. The van der Waals surface area contributed by atoms with E-state index in [-0.39, 0.29) is 5.91 Å². The van der Waals surface area contributed by atoms with Crippen molar-refractivity contribution in [2.75, 3.05) is 14.2 Å². The van der Waals surface area contributed by atoms with Crippen molar-refractivity contribution in [3.63, 3.8) is 0 Å². The third kappa shape index (κ3) is 3.50. The van der Waals surface area contributed by atoms with E-state index in [2.05, 4.69) is 4.98 Å². The van der Waals surface area contributed by atoms with Crippen LogP contribution in [0.3, 0.4) is 0 Å². The largest absolute Gasteiger partial charge is 0.455 e. The molecule has 0 aromatic carbocycles. The van der Waals surface area contributed by atoms with Crippen LogP contribution in [0.2, 0.25) is 6.55 Å². The van der Waals surface area contributed by atoms with Gasteiger partial charge in [0.25, 0.3) is 0 Å². The van der Waals surface area contributed by atoms with E-state index >= 15 is 0 Å². The maximum atomic E-state index is 10.9. The molecule has 0 aliphatic heterocycles. The molecule has 0 fully saturated rings. The van der Waals surface area contributed by atoms with E-state index in [4.69, 9.17) is 8.85 Å². The van der Waals surface area contributed by atoms with Crippen LogP contribution in [0.1, 0.15) is 13.3 Å². The molecule has 0 spiro atoms. The first kappa shape index (κ1) is 10.6. The highest BCUT2D eigenvalue weighted by Gasteiger charge is 2.31. The van der Waals surface area contributed by atoms with Gasteiger partial charge in [-0.1, -0.05) is 6.92 Å². The number of hydrogen-bond donors (Lipinski definition) is 1. The molecule has 4 nitrogen and oxygen atoms in total. The Hall–Kier alpha value is -0.393. The van der Waals surface area contributed by atoms with Crippen molar-refractivity contribution in [2.24, 2.45) is 0 Å². The second-order valence-corrected chi connectivity index (χ2v) is 5.21. The van der Waals surface area contributed by atoms with E-state index in [9.17, 15) is 4.79 Å². The lowest BCUT2D eigenvalue weighted by Crippen LogP contribution is -2.54. The summed E-state index contributed by atoms with van der Waals surface area (Å²) in [6.45, 7) is 3.57. The van der Waals surface area contributed by atoms with Crippen molar-refractivity contribution in [1.82, 2.24) is 4.98 Å². The van der Waals surface area contributed by atoms with Crippen molar-refractivity contribution in [3.05, 3.63) is 0 Å². The fraction of sp³-hybridized carbons (Fsp3) is 0.833. The molecule has 0 heterocycles. The highest BCUT2D eigenvalue weighted by molar-refractivity contribution is 6.65. The van der Waals surface area contributed by atoms with Crippen LogP contribution in [0, 0.1) is 0 Å². The SMILES string of the molecule is CCC(=O)N[Si](C)(OC)OC. The molecule has 0 unspecified atom stereocenters. The molecule has 0 aromatic rings. The number of nitrogens with one attached hydrogen (secondary N) is 1. The van der Waals surface area contributed by atoms with Gasteiger partial charge in [0.15, 0.2) is 0 Å². The van der Waals surface area contributed by atoms with Crippen molar-refractivity contribution in [3.8, 4) is 0 Å². The first-order chi connectivity index (χ1) is 5.08. The van der Waals surface area contributed by atoms with E-state index in [0.29, 0.717) is 6.42 Å². The minimum absolute atomic E-state index is 0.0390. The highest BCUT2D eigenvalue weighted by Crippen LogP contribution is 1.98. The molecule has 66 valence electrons. The summed E-state index contributed by atoms with van der Waals surface area (Å²) in [5.74, 6) is -0.0390. The summed E-state index contributed by atoms with van der Waals surface area (Å²) >= 11 is 0. The van der Waals surface area contributed by atoms with Gasteiger partial charge >= 0.3 is 8.72 Å². The number of rotatable bonds is 4. The number of hydrogen-bond acceptors (Lipinski definition) is 3. The number of carbonyl (C=O) groups excluding carboxylic acids is 1. The quantitative estimate of drug-likeness (QED) is 0.631. The summed E-state index contributed by atoms with van der Waals surface area (Å²) in [7, 11) is 0.686. The molecule has 0 bridgehead atoms. The van der Waals surface area contributed by atoms with Crippen LogP contribution in [0.25, 0.3) is 0 Å². The Labute approximate surface area is 68.2 Å². The van der Waals surface area contributed by atoms with E-state index in [1.807, 2.05) is 0 Å². The van der Waals surface area contributed by atoms with E-state index < -0.39 is 8.72 Å². The third-order valence-corrected chi connectivity index (χ3v) is 3.76. The van der Waals surface area contributed by atoms with Crippen LogP contribution in [0.15, 0.2) is 0 Å². The Morgan fingerprint density at radius 1 is 1.45 bits per heavy atom. The van der Waals surface area contributed by atoms with E-state index in [1.54, 1.807) is 13.5 Å². The fourth-order valence-electron chi connectivity index (χ4n) is 0.527. The first-order valence-corrected chi connectivity index (χ1v) is 5.81. The first-order valence-electron chi connectivity index (χ1n) is 3.49. The Morgan fingerprint density at radius 3 is 2.18 bits per heavy atom. The van der Waals surface area contributed by atoms with Crippen LogP contribution >= 0.6 is 0 Å². The third-order valence-electron chi connectivity index (χ3n) is 1.47.